The highest BCUT2D eigenvalue weighted by Gasteiger charge is 1.95. The Balaban J connectivity index is 0.00000144. The Labute approximate surface area is 90.9 Å². The van der Waals surface area contributed by atoms with E-state index in [-0.39, 0.29) is 12.4 Å². The minimum Gasteiger partial charge on any atom is -0.385 e. The quantitative estimate of drug-likeness (QED) is 0.814. The molecule has 0 amide bonds. The summed E-state index contributed by atoms with van der Waals surface area (Å²) in [4.78, 5) is 0. The van der Waals surface area contributed by atoms with Crippen molar-refractivity contribution in [1.29, 1.82) is 0 Å². The van der Waals surface area contributed by atoms with E-state index in [0.29, 0.717) is 0 Å². The van der Waals surface area contributed by atoms with E-state index >= 15 is 0 Å². The van der Waals surface area contributed by atoms with Crippen LogP contribution in [0, 0.1) is 6.92 Å². The Hall–Kier alpha value is -0.400. The molecule has 1 N–H and O–H groups in total. The van der Waals surface area contributed by atoms with E-state index in [9.17, 15) is 0 Å². The molecule has 1 rings (SSSR count). The summed E-state index contributed by atoms with van der Waals surface area (Å²) in [5.41, 5.74) is 2.27. The maximum atomic E-state index is 5.89. The minimum absolute atomic E-state index is 0. The summed E-state index contributed by atoms with van der Waals surface area (Å²) in [6.07, 6.45) is 1.14. The highest BCUT2D eigenvalue weighted by molar-refractivity contribution is 6.31. The van der Waals surface area contributed by atoms with Gasteiger partial charge >= 0.3 is 0 Å². The van der Waals surface area contributed by atoms with Gasteiger partial charge in [-0.25, -0.2) is 0 Å². The summed E-state index contributed by atoms with van der Waals surface area (Å²) in [5, 5.41) is 4.13. The van der Waals surface area contributed by atoms with Crippen molar-refractivity contribution in [2.75, 3.05) is 11.9 Å². The van der Waals surface area contributed by atoms with Gasteiger partial charge in [0.1, 0.15) is 0 Å². The van der Waals surface area contributed by atoms with Crippen LogP contribution in [-0.4, -0.2) is 6.54 Å². The normalized spacial score (nSPS) is 9.15. The van der Waals surface area contributed by atoms with Crippen LogP contribution >= 0.6 is 24.0 Å². The summed E-state index contributed by atoms with van der Waals surface area (Å²) < 4.78 is 0. The summed E-state index contributed by atoms with van der Waals surface area (Å²) in [6.45, 7) is 5.18. The monoisotopic (exact) mass is 219 g/mol. The van der Waals surface area contributed by atoms with Gasteiger partial charge in [-0.05, 0) is 37.1 Å². The first-order valence-corrected chi connectivity index (χ1v) is 4.62. The van der Waals surface area contributed by atoms with E-state index in [1.54, 1.807) is 0 Å². The van der Waals surface area contributed by atoms with Gasteiger partial charge in [0, 0.05) is 17.3 Å². The van der Waals surface area contributed by atoms with Gasteiger partial charge in [-0.3, -0.25) is 0 Å². The molecule has 0 aliphatic heterocycles. The molecule has 0 fully saturated rings. The van der Waals surface area contributed by atoms with Crippen LogP contribution in [0.4, 0.5) is 5.69 Å². The van der Waals surface area contributed by atoms with Crippen LogP contribution in [0.3, 0.4) is 0 Å². The Morgan fingerprint density at radius 2 is 2.08 bits per heavy atom. The van der Waals surface area contributed by atoms with Gasteiger partial charge in [-0.1, -0.05) is 18.5 Å². The maximum Gasteiger partial charge on any atom is 0.0436 e. The van der Waals surface area contributed by atoms with Gasteiger partial charge in [0.2, 0.25) is 0 Å². The van der Waals surface area contributed by atoms with Gasteiger partial charge < -0.3 is 5.32 Å². The zero-order chi connectivity index (χ0) is 8.97. The smallest absolute Gasteiger partial charge is 0.0436 e. The number of rotatable bonds is 3. The first kappa shape index (κ1) is 12.6. The van der Waals surface area contributed by atoms with E-state index in [4.69, 9.17) is 11.6 Å². The van der Waals surface area contributed by atoms with E-state index < -0.39 is 0 Å². The molecule has 3 heteroatoms. The molecule has 74 valence electrons. The van der Waals surface area contributed by atoms with Crippen molar-refractivity contribution in [2.45, 2.75) is 20.3 Å². The Bertz CT molecular complexity index is 261. The van der Waals surface area contributed by atoms with Gasteiger partial charge in [0.15, 0.2) is 0 Å². The molecule has 0 spiro atoms. The summed E-state index contributed by atoms with van der Waals surface area (Å²) in [6, 6.07) is 6.00. The molecule has 0 heterocycles. The fourth-order valence-electron chi connectivity index (χ4n) is 1.02. The lowest BCUT2D eigenvalue weighted by Gasteiger charge is -2.05. The third-order valence-electron chi connectivity index (χ3n) is 1.74. The Morgan fingerprint density at radius 3 is 2.62 bits per heavy atom. The molecule has 0 saturated carbocycles. The molecule has 1 nitrogen and oxygen atoms in total. The molecule has 13 heavy (non-hydrogen) atoms. The fourth-order valence-corrected chi connectivity index (χ4v) is 1.14. The van der Waals surface area contributed by atoms with Crippen molar-refractivity contribution in [3.8, 4) is 0 Å². The maximum absolute atomic E-state index is 5.89. The molecule has 0 radical (unpaired) electrons. The van der Waals surface area contributed by atoms with Crippen molar-refractivity contribution < 1.29 is 0 Å². The number of halogens is 2. The van der Waals surface area contributed by atoms with E-state index in [2.05, 4.69) is 18.3 Å². The molecule has 0 aliphatic rings. The van der Waals surface area contributed by atoms with Crippen LogP contribution < -0.4 is 5.32 Å². The number of hydrogen-bond donors (Lipinski definition) is 1. The van der Waals surface area contributed by atoms with E-state index in [1.165, 1.54) is 0 Å². The molecular weight excluding hydrogens is 205 g/mol. The summed E-state index contributed by atoms with van der Waals surface area (Å²) in [7, 11) is 0. The average Bonchev–Trinajstić information content (AvgIpc) is 2.07. The van der Waals surface area contributed by atoms with Crippen LogP contribution in [0.1, 0.15) is 18.9 Å². The number of aryl methyl sites for hydroxylation is 1. The summed E-state index contributed by atoms with van der Waals surface area (Å²) in [5.74, 6) is 0. The fraction of sp³-hybridized carbons (Fsp3) is 0.400. The summed E-state index contributed by atoms with van der Waals surface area (Å²) >= 11 is 5.89. The zero-order valence-corrected chi connectivity index (χ0v) is 9.50. The lowest BCUT2D eigenvalue weighted by molar-refractivity contribution is 0.979. The SMILES string of the molecule is CCCNc1ccc(Cl)c(C)c1.Cl. The second kappa shape index (κ2) is 6.11. The predicted octanol–water partition coefficient (Wildman–Crippen LogP) is 3.89. The van der Waals surface area contributed by atoms with Crippen molar-refractivity contribution in [3.05, 3.63) is 28.8 Å². The molecule has 1 aromatic carbocycles. The minimum atomic E-state index is 0. The number of benzene rings is 1. The number of hydrogen-bond acceptors (Lipinski definition) is 1. The third kappa shape index (κ3) is 3.88. The molecule has 0 saturated heterocycles. The largest absolute Gasteiger partial charge is 0.385 e. The van der Waals surface area contributed by atoms with E-state index in [0.717, 1.165) is 29.2 Å². The predicted molar refractivity (Wildman–Crippen MR) is 62.2 cm³/mol. The van der Waals surface area contributed by atoms with Crippen molar-refractivity contribution in [2.24, 2.45) is 0 Å². The standard InChI is InChI=1S/C10H14ClN.ClH/c1-3-6-12-9-4-5-10(11)8(2)7-9;/h4-5,7,12H,3,6H2,1-2H3;1H. The first-order valence-electron chi connectivity index (χ1n) is 4.24. The van der Waals surface area contributed by atoms with Gasteiger partial charge in [-0.15, -0.1) is 12.4 Å². The van der Waals surface area contributed by atoms with Gasteiger partial charge in [0.05, 0.1) is 0 Å². The number of anilines is 1. The average molecular weight is 220 g/mol. The number of nitrogens with one attached hydrogen (secondary N) is 1. The lowest BCUT2D eigenvalue weighted by atomic mass is 10.2. The molecule has 0 unspecified atom stereocenters. The van der Waals surface area contributed by atoms with Crippen LogP contribution in [0.15, 0.2) is 18.2 Å². The first-order chi connectivity index (χ1) is 5.74. The Kier molecular flexibility index (Phi) is 5.93. The topological polar surface area (TPSA) is 12.0 Å². The second-order valence-electron chi connectivity index (χ2n) is 2.89. The molecule has 0 aromatic heterocycles. The molecular formula is C10H15Cl2N. The molecule has 1 aromatic rings. The van der Waals surface area contributed by atoms with Crippen molar-refractivity contribution in [3.63, 3.8) is 0 Å². The lowest BCUT2D eigenvalue weighted by Crippen LogP contribution is -1.99. The van der Waals surface area contributed by atoms with Gasteiger partial charge in [-0.2, -0.15) is 0 Å². The molecule has 0 aliphatic carbocycles. The van der Waals surface area contributed by atoms with Gasteiger partial charge in [0.25, 0.3) is 0 Å². The van der Waals surface area contributed by atoms with Crippen molar-refractivity contribution in [1.82, 2.24) is 0 Å². The van der Waals surface area contributed by atoms with Crippen molar-refractivity contribution >= 4 is 29.7 Å². The molecule has 0 atom stereocenters. The van der Waals surface area contributed by atoms with Crippen LogP contribution in [-0.2, 0) is 0 Å². The highest BCUT2D eigenvalue weighted by Crippen LogP contribution is 2.19. The molecule has 0 bridgehead atoms. The Morgan fingerprint density at radius 1 is 1.38 bits per heavy atom. The van der Waals surface area contributed by atoms with Crippen LogP contribution in [0.2, 0.25) is 5.02 Å². The highest BCUT2D eigenvalue weighted by atomic mass is 35.5. The third-order valence-corrected chi connectivity index (χ3v) is 2.16. The zero-order valence-electron chi connectivity index (χ0n) is 7.93. The van der Waals surface area contributed by atoms with Crippen LogP contribution in [0.5, 0.6) is 0 Å². The van der Waals surface area contributed by atoms with E-state index in [1.807, 2.05) is 19.1 Å². The second-order valence-corrected chi connectivity index (χ2v) is 3.30. The van der Waals surface area contributed by atoms with Crippen LogP contribution in [0.25, 0.3) is 0 Å².